The lowest BCUT2D eigenvalue weighted by atomic mass is 9.76. The maximum Gasteiger partial charge on any atom is 0.425 e. The minimum atomic E-state index is -0.431. The molecule has 1 aliphatic carbocycles. The number of ether oxygens (including phenoxy) is 1. The lowest BCUT2D eigenvalue weighted by molar-refractivity contribution is 0.148. The van der Waals surface area contributed by atoms with Gasteiger partial charge in [0.25, 0.3) is 0 Å². The molecule has 0 spiro atoms. The molecule has 0 fully saturated rings. The summed E-state index contributed by atoms with van der Waals surface area (Å²) in [6.45, 7) is 8.79. The lowest BCUT2D eigenvalue weighted by Crippen LogP contribution is -2.39. The van der Waals surface area contributed by atoms with Gasteiger partial charge in [0.2, 0.25) is 0 Å². The molecule has 1 aliphatic rings. The Labute approximate surface area is 97.4 Å². The quantitative estimate of drug-likeness (QED) is 0.727. The van der Waals surface area contributed by atoms with Gasteiger partial charge >= 0.3 is 6.09 Å². The highest BCUT2D eigenvalue weighted by Gasteiger charge is 2.25. The number of hydrogen-bond acceptors (Lipinski definition) is 3. The standard InChI is InChI=1S/C12H22N2O2/c1-5-16-11(15)14-13-10-6-9(2)7-12(3,4)8-10/h8-9,13H,5-7H2,1-4H3,(H,14,15)/t9-/m1/s1. The monoisotopic (exact) mass is 226 g/mol. The van der Waals surface area contributed by atoms with Gasteiger partial charge < -0.3 is 10.2 Å². The second-order valence-corrected chi connectivity index (χ2v) is 5.14. The summed E-state index contributed by atoms with van der Waals surface area (Å²) < 4.78 is 4.77. The molecule has 0 radical (unpaired) electrons. The van der Waals surface area contributed by atoms with Crippen molar-refractivity contribution in [3.63, 3.8) is 0 Å². The van der Waals surface area contributed by atoms with Crippen molar-refractivity contribution < 1.29 is 9.53 Å². The molecule has 4 nitrogen and oxygen atoms in total. The van der Waals surface area contributed by atoms with Gasteiger partial charge in [-0.2, -0.15) is 0 Å². The van der Waals surface area contributed by atoms with Crippen LogP contribution in [0.4, 0.5) is 4.79 Å². The van der Waals surface area contributed by atoms with E-state index in [0.717, 1.165) is 12.1 Å². The van der Waals surface area contributed by atoms with E-state index in [1.807, 2.05) is 0 Å². The number of nitrogens with one attached hydrogen (secondary N) is 2. The number of hydrazine groups is 1. The average molecular weight is 226 g/mol. The van der Waals surface area contributed by atoms with Crippen molar-refractivity contribution in [1.82, 2.24) is 10.9 Å². The Morgan fingerprint density at radius 3 is 2.88 bits per heavy atom. The SMILES string of the molecule is CCOC(=O)NNC1=CC(C)(C)C[C@H](C)C1. The number of carbonyl (C=O) groups is 1. The highest BCUT2D eigenvalue weighted by atomic mass is 16.5. The van der Waals surface area contributed by atoms with Crippen molar-refractivity contribution in [2.45, 2.75) is 40.5 Å². The fourth-order valence-electron chi connectivity index (χ4n) is 2.32. The summed E-state index contributed by atoms with van der Waals surface area (Å²) >= 11 is 0. The molecule has 0 aromatic heterocycles. The normalized spacial score (nSPS) is 23.2. The van der Waals surface area contributed by atoms with E-state index in [9.17, 15) is 4.79 Å². The van der Waals surface area contributed by atoms with Crippen LogP contribution in [0.2, 0.25) is 0 Å². The molecule has 4 heteroatoms. The summed E-state index contributed by atoms with van der Waals surface area (Å²) in [5.74, 6) is 0.631. The predicted molar refractivity (Wildman–Crippen MR) is 63.6 cm³/mol. The van der Waals surface area contributed by atoms with E-state index in [1.54, 1.807) is 6.92 Å². The second-order valence-electron chi connectivity index (χ2n) is 5.14. The van der Waals surface area contributed by atoms with Crippen molar-refractivity contribution in [1.29, 1.82) is 0 Å². The molecular formula is C12H22N2O2. The second kappa shape index (κ2) is 5.23. The maximum absolute atomic E-state index is 11.1. The van der Waals surface area contributed by atoms with Crippen LogP contribution in [0.25, 0.3) is 0 Å². The van der Waals surface area contributed by atoms with Gasteiger partial charge in [-0.05, 0) is 31.1 Å². The van der Waals surface area contributed by atoms with E-state index < -0.39 is 6.09 Å². The highest BCUT2D eigenvalue weighted by molar-refractivity contribution is 5.66. The molecule has 0 aromatic carbocycles. The molecule has 0 saturated heterocycles. The molecule has 2 N–H and O–H groups in total. The van der Waals surface area contributed by atoms with Gasteiger partial charge in [-0.15, -0.1) is 0 Å². The van der Waals surface area contributed by atoms with E-state index in [0.29, 0.717) is 12.5 Å². The summed E-state index contributed by atoms with van der Waals surface area (Å²) in [5.41, 5.74) is 6.72. The van der Waals surface area contributed by atoms with Crippen molar-refractivity contribution in [3.8, 4) is 0 Å². The van der Waals surface area contributed by atoms with E-state index in [2.05, 4.69) is 37.7 Å². The van der Waals surface area contributed by atoms with E-state index in [4.69, 9.17) is 4.74 Å². The fourth-order valence-corrected chi connectivity index (χ4v) is 2.32. The van der Waals surface area contributed by atoms with Crippen molar-refractivity contribution >= 4 is 6.09 Å². The largest absolute Gasteiger partial charge is 0.449 e. The van der Waals surface area contributed by atoms with Gasteiger partial charge in [0.1, 0.15) is 0 Å². The van der Waals surface area contributed by atoms with Crippen LogP contribution in [-0.4, -0.2) is 12.7 Å². The Balaban J connectivity index is 2.47. The van der Waals surface area contributed by atoms with Gasteiger partial charge in [-0.25, -0.2) is 10.2 Å². The fraction of sp³-hybridized carbons (Fsp3) is 0.750. The Morgan fingerprint density at radius 2 is 2.31 bits per heavy atom. The zero-order valence-electron chi connectivity index (χ0n) is 10.6. The van der Waals surface area contributed by atoms with Crippen LogP contribution in [0.15, 0.2) is 11.8 Å². The summed E-state index contributed by atoms with van der Waals surface area (Å²) in [4.78, 5) is 11.1. The first-order valence-electron chi connectivity index (χ1n) is 5.83. The minimum absolute atomic E-state index is 0.191. The molecule has 0 bridgehead atoms. The molecule has 92 valence electrons. The van der Waals surface area contributed by atoms with Crippen LogP contribution in [0, 0.1) is 11.3 Å². The zero-order chi connectivity index (χ0) is 12.2. The lowest BCUT2D eigenvalue weighted by Gasteiger charge is -2.32. The summed E-state index contributed by atoms with van der Waals surface area (Å²) in [6.07, 6.45) is 3.89. The number of allylic oxidation sites excluding steroid dienone is 2. The molecule has 0 unspecified atom stereocenters. The topological polar surface area (TPSA) is 50.4 Å². The molecule has 0 aromatic rings. The van der Waals surface area contributed by atoms with Crippen molar-refractivity contribution in [3.05, 3.63) is 11.8 Å². The highest BCUT2D eigenvalue weighted by Crippen LogP contribution is 2.35. The van der Waals surface area contributed by atoms with E-state index >= 15 is 0 Å². The predicted octanol–water partition coefficient (Wildman–Crippen LogP) is 2.58. The number of amides is 1. The van der Waals surface area contributed by atoms with E-state index in [1.165, 1.54) is 6.42 Å². The smallest absolute Gasteiger partial charge is 0.425 e. The molecule has 1 rings (SSSR count). The summed E-state index contributed by atoms with van der Waals surface area (Å²) in [7, 11) is 0. The van der Waals surface area contributed by atoms with E-state index in [-0.39, 0.29) is 5.41 Å². The van der Waals surface area contributed by atoms with Crippen LogP contribution >= 0.6 is 0 Å². The average Bonchev–Trinajstić information content (AvgIpc) is 2.12. The van der Waals surface area contributed by atoms with Crippen LogP contribution in [0.3, 0.4) is 0 Å². The van der Waals surface area contributed by atoms with Crippen molar-refractivity contribution in [2.75, 3.05) is 6.61 Å². The summed E-state index contributed by atoms with van der Waals surface area (Å²) in [6, 6.07) is 0. The van der Waals surface area contributed by atoms with Gasteiger partial charge in [-0.3, -0.25) is 0 Å². The first-order chi connectivity index (χ1) is 7.43. The van der Waals surface area contributed by atoms with Crippen LogP contribution in [0.5, 0.6) is 0 Å². The van der Waals surface area contributed by atoms with Crippen LogP contribution < -0.4 is 10.9 Å². The Morgan fingerprint density at radius 1 is 1.62 bits per heavy atom. The van der Waals surface area contributed by atoms with Gasteiger partial charge in [0, 0.05) is 5.70 Å². The van der Waals surface area contributed by atoms with Crippen LogP contribution in [-0.2, 0) is 4.74 Å². The van der Waals surface area contributed by atoms with Crippen LogP contribution in [0.1, 0.15) is 40.5 Å². The van der Waals surface area contributed by atoms with Crippen molar-refractivity contribution in [2.24, 2.45) is 11.3 Å². The molecule has 0 saturated carbocycles. The minimum Gasteiger partial charge on any atom is -0.449 e. The molecule has 1 atom stereocenters. The Hall–Kier alpha value is -1.19. The third-order valence-corrected chi connectivity index (χ3v) is 2.61. The third kappa shape index (κ3) is 4.13. The first kappa shape index (κ1) is 12.9. The number of rotatable bonds is 3. The molecule has 1 amide bonds. The van der Waals surface area contributed by atoms with Gasteiger partial charge in [0.05, 0.1) is 6.61 Å². The maximum atomic E-state index is 11.1. The molecule has 0 aliphatic heterocycles. The number of carbonyl (C=O) groups excluding carboxylic acids is 1. The summed E-state index contributed by atoms with van der Waals surface area (Å²) in [5, 5.41) is 0. The van der Waals surface area contributed by atoms with Gasteiger partial charge in [0.15, 0.2) is 0 Å². The zero-order valence-corrected chi connectivity index (χ0v) is 10.6. The Bertz CT molecular complexity index is 285. The van der Waals surface area contributed by atoms with Gasteiger partial charge in [-0.1, -0.05) is 26.8 Å². The Kier molecular flexibility index (Phi) is 4.21. The third-order valence-electron chi connectivity index (χ3n) is 2.61. The number of hydrogen-bond donors (Lipinski definition) is 2. The molecule has 0 heterocycles. The molecular weight excluding hydrogens is 204 g/mol. The first-order valence-corrected chi connectivity index (χ1v) is 5.83. The molecule has 16 heavy (non-hydrogen) atoms.